The lowest BCUT2D eigenvalue weighted by atomic mass is 10.1. The van der Waals surface area contributed by atoms with Gasteiger partial charge in [0.05, 0.1) is 0 Å². The van der Waals surface area contributed by atoms with Gasteiger partial charge in [0.25, 0.3) is 0 Å². The Morgan fingerprint density at radius 1 is 1.00 bits per heavy atom. The first kappa shape index (κ1) is 9.69. The van der Waals surface area contributed by atoms with Gasteiger partial charge in [0.15, 0.2) is 24.0 Å². The first-order valence-corrected chi connectivity index (χ1v) is 4.70. The van der Waals surface area contributed by atoms with Gasteiger partial charge in [-0.1, -0.05) is 23.2 Å². The lowest BCUT2D eigenvalue weighted by Crippen LogP contribution is -1.76. The maximum absolute atomic E-state index is 5.89. The maximum atomic E-state index is 5.89. The fraction of sp³-hybridized carbons (Fsp3) is 0.200. The molecule has 0 saturated heterocycles. The third-order valence-corrected chi connectivity index (χ3v) is 2.77. The highest BCUT2D eigenvalue weighted by molar-refractivity contribution is 6.43. The molecule has 0 bridgehead atoms. The molecule has 2 aromatic rings. The van der Waals surface area contributed by atoms with E-state index in [0.717, 1.165) is 11.1 Å². The van der Waals surface area contributed by atoms with E-state index in [9.17, 15) is 0 Å². The molecule has 0 aliphatic carbocycles. The van der Waals surface area contributed by atoms with Gasteiger partial charge < -0.3 is 8.83 Å². The normalized spacial score (nSPS) is 10.9. The van der Waals surface area contributed by atoms with Crippen LogP contribution in [-0.2, 0) is 0 Å². The molecule has 14 heavy (non-hydrogen) atoms. The minimum atomic E-state index is 0.259. The van der Waals surface area contributed by atoms with E-state index >= 15 is 0 Å². The minimum Gasteiger partial charge on any atom is -0.449 e. The number of halogens is 2. The van der Waals surface area contributed by atoms with Crippen LogP contribution in [0.1, 0.15) is 11.1 Å². The van der Waals surface area contributed by atoms with Crippen LogP contribution in [0, 0.1) is 26.4 Å². The zero-order valence-corrected chi connectivity index (χ0v) is 9.08. The van der Waals surface area contributed by atoms with Crippen molar-refractivity contribution in [1.82, 2.24) is 0 Å². The third kappa shape index (κ3) is 1.35. The Bertz CT molecular complexity index is 424. The Hall–Kier alpha value is -0.860. The van der Waals surface area contributed by atoms with Crippen LogP contribution < -0.4 is 0 Å². The first-order valence-electron chi connectivity index (χ1n) is 3.94. The molecule has 0 unspecified atom stereocenters. The van der Waals surface area contributed by atoms with Crippen LogP contribution in [0.4, 0.5) is 0 Å². The van der Waals surface area contributed by atoms with Gasteiger partial charge in [0, 0.05) is 11.1 Å². The van der Waals surface area contributed by atoms with Crippen LogP contribution in [0.2, 0.25) is 10.0 Å². The summed E-state index contributed by atoms with van der Waals surface area (Å²) in [4.78, 5) is 0. The molecule has 0 spiro atoms. The molecule has 2 nitrogen and oxygen atoms in total. The van der Waals surface area contributed by atoms with Crippen LogP contribution in [0.5, 0.6) is 0 Å². The number of hydrogen-bond acceptors (Lipinski definition) is 2. The van der Waals surface area contributed by atoms with Gasteiger partial charge in [-0.05, 0) is 13.8 Å². The summed E-state index contributed by atoms with van der Waals surface area (Å²) in [6, 6.07) is 0. The lowest BCUT2D eigenvalue weighted by Gasteiger charge is -1.94. The van der Waals surface area contributed by atoms with E-state index in [2.05, 4.69) is 12.5 Å². The van der Waals surface area contributed by atoms with Crippen molar-refractivity contribution in [2.24, 2.45) is 0 Å². The molecule has 0 amide bonds. The fourth-order valence-corrected chi connectivity index (χ4v) is 1.39. The van der Waals surface area contributed by atoms with Crippen LogP contribution in [0.15, 0.2) is 8.83 Å². The molecule has 2 rings (SSSR count). The molecule has 0 saturated carbocycles. The van der Waals surface area contributed by atoms with Gasteiger partial charge in [0.2, 0.25) is 0 Å². The zero-order valence-electron chi connectivity index (χ0n) is 7.57. The second kappa shape index (κ2) is 3.37. The van der Waals surface area contributed by atoms with Crippen LogP contribution in [0.25, 0.3) is 11.5 Å². The molecule has 0 aromatic carbocycles. The Morgan fingerprint density at radius 2 is 1.64 bits per heavy atom. The zero-order chi connectivity index (χ0) is 10.3. The van der Waals surface area contributed by atoms with E-state index in [1.54, 1.807) is 0 Å². The van der Waals surface area contributed by atoms with Crippen molar-refractivity contribution in [1.29, 1.82) is 0 Å². The molecule has 2 heterocycles. The Balaban J connectivity index is 2.60. The SMILES string of the molecule is Cc1[c]oc(-c2o[c]c(Cl)c2Cl)c1C. The molecule has 0 atom stereocenters. The van der Waals surface area contributed by atoms with Gasteiger partial charge in [0.1, 0.15) is 10.0 Å². The summed E-state index contributed by atoms with van der Waals surface area (Å²) >= 11 is 11.6. The largest absolute Gasteiger partial charge is 0.449 e. The molecule has 2 radical (unpaired) electrons. The van der Waals surface area contributed by atoms with Crippen molar-refractivity contribution in [2.75, 3.05) is 0 Å². The van der Waals surface area contributed by atoms with Crippen molar-refractivity contribution in [3.05, 3.63) is 33.7 Å². The van der Waals surface area contributed by atoms with E-state index in [1.165, 1.54) is 0 Å². The molecule has 72 valence electrons. The highest BCUT2D eigenvalue weighted by atomic mass is 35.5. The van der Waals surface area contributed by atoms with E-state index in [4.69, 9.17) is 32.0 Å². The highest BCUT2D eigenvalue weighted by Gasteiger charge is 2.19. The van der Waals surface area contributed by atoms with Crippen molar-refractivity contribution < 1.29 is 8.83 Å². The number of furan rings is 2. The second-order valence-electron chi connectivity index (χ2n) is 2.94. The monoisotopic (exact) mass is 228 g/mol. The quantitative estimate of drug-likeness (QED) is 0.736. The Morgan fingerprint density at radius 3 is 2.07 bits per heavy atom. The van der Waals surface area contributed by atoms with Crippen molar-refractivity contribution >= 4 is 23.2 Å². The molecule has 0 aliphatic heterocycles. The average Bonchev–Trinajstić information content (AvgIpc) is 2.63. The van der Waals surface area contributed by atoms with Crippen LogP contribution >= 0.6 is 23.2 Å². The standard InChI is InChI=1S/C10H6Cl2O2/c1-5-3-13-9(6(5)2)10-8(12)7(11)4-14-10/h1-2H3. The van der Waals surface area contributed by atoms with Crippen molar-refractivity contribution in [3.8, 4) is 11.5 Å². The average molecular weight is 229 g/mol. The molecule has 2 aromatic heterocycles. The summed E-state index contributed by atoms with van der Waals surface area (Å²) in [6.07, 6.45) is 5.18. The summed E-state index contributed by atoms with van der Waals surface area (Å²) in [5.41, 5.74) is 1.86. The predicted molar refractivity (Wildman–Crippen MR) is 53.6 cm³/mol. The predicted octanol–water partition coefficient (Wildman–Crippen LogP) is 4.06. The third-order valence-electron chi connectivity index (χ3n) is 2.05. The number of aryl methyl sites for hydroxylation is 1. The molecular formula is C10H6Cl2O2. The molecule has 0 N–H and O–H groups in total. The Labute approximate surface area is 91.4 Å². The maximum Gasteiger partial charge on any atom is 0.192 e. The Kier molecular flexibility index (Phi) is 2.33. The summed E-state index contributed by atoms with van der Waals surface area (Å²) in [5, 5.41) is 0.577. The van der Waals surface area contributed by atoms with E-state index in [-0.39, 0.29) is 5.02 Å². The second-order valence-corrected chi connectivity index (χ2v) is 3.70. The summed E-state index contributed by atoms with van der Waals surface area (Å²) in [6.45, 7) is 3.79. The van der Waals surface area contributed by atoms with Crippen LogP contribution in [0.3, 0.4) is 0 Å². The summed E-state index contributed by atoms with van der Waals surface area (Å²) in [7, 11) is 0. The molecule has 0 fully saturated rings. The molecule has 4 heteroatoms. The highest BCUT2D eigenvalue weighted by Crippen LogP contribution is 2.37. The van der Waals surface area contributed by atoms with E-state index in [0.29, 0.717) is 16.5 Å². The van der Waals surface area contributed by atoms with Gasteiger partial charge in [-0.15, -0.1) is 0 Å². The van der Waals surface area contributed by atoms with E-state index < -0.39 is 0 Å². The molecular weight excluding hydrogens is 223 g/mol. The summed E-state index contributed by atoms with van der Waals surface area (Å²) in [5.74, 6) is 0.953. The van der Waals surface area contributed by atoms with Gasteiger partial charge >= 0.3 is 0 Å². The van der Waals surface area contributed by atoms with Crippen molar-refractivity contribution in [2.45, 2.75) is 13.8 Å². The van der Waals surface area contributed by atoms with Crippen LogP contribution in [-0.4, -0.2) is 0 Å². The smallest absolute Gasteiger partial charge is 0.192 e. The van der Waals surface area contributed by atoms with E-state index in [1.807, 2.05) is 13.8 Å². The van der Waals surface area contributed by atoms with Gasteiger partial charge in [-0.2, -0.15) is 0 Å². The van der Waals surface area contributed by atoms with Crippen molar-refractivity contribution in [3.63, 3.8) is 0 Å². The molecule has 0 aliphatic rings. The van der Waals surface area contributed by atoms with Gasteiger partial charge in [-0.25, -0.2) is 0 Å². The van der Waals surface area contributed by atoms with Gasteiger partial charge in [-0.3, -0.25) is 0 Å². The lowest BCUT2D eigenvalue weighted by molar-refractivity contribution is 0.514. The fourth-order valence-electron chi connectivity index (χ4n) is 1.10. The minimum absolute atomic E-state index is 0.259. The topological polar surface area (TPSA) is 26.3 Å². The first-order chi connectivity index (χ1) is 6.61. The number of hydrogen-bond donors (Lipinski definition) is 0. The number of rotatable bonds is 1. The summed E-state index contributed by atoms with van der Waals surface area (Å²) < 4.78 is 10.3.